The third-order valence-electron chi connectivity index (χ3n) is 4.26. The second-order valence-corrected chi connectivity index (χ2v) is 6.57. The van der Waals surface area contributed by atoms with E-state index < -0.39 is 0 Å². The van der Waals surface area contributed by atoms with E-state index in [9.17, 15) is 5.26 Å². The maximum absolute atomic E-state index is 9.68. The van der Waals surface area contributed by atoms with Crippen molar-refractivity contribution in [2.75, 3.05) is 5.94 Å². The van der Waals surface area contributed by atoms with E-state index in [1.165, 1.54) is 0 Å². The van der Waals surface area contributed by atoms with Crippen LogP contribution in [-0.4, -0.2) is 16.6 Å². The molecule has 0 amide bonds. The predicted molar refractivity (Wildman–Crippen MR) is 90.7 cm³/mol. The van der Waals surface area contributed by atoms with Gasteiger partial charge in [-0.05, 0) is 30.7 Å². The standard InChI is InChI=1S/C17H18N2O4S.Na/c1-11-17(2,3)15-8-13(9-18-16(15)19-11)12-4-6-14(7-5-12)21-10-24-23-22-20;/h4-9,20H,10H2,1-3H3;/q;+1/p-1. The average Bonchev–Trinajstić information content (AvgIpc) is 2.81. The molecule has 126 valence electrons. The molecule has 0 N–H and O–H groups in total. The van der Waals surface area contributed by atoms with Crippen molar-refractivity contribution in [2.24, 2.45) is 4.99 Å². The molecule has 0 unspecified atom stereocenters. The van der Waals surface area contributed by atoms with Gasteiger partial charge in [0.1, 0.15) is 5.75 Å². The molecule has 0 saturated heterocycles. The SMILES string of the molecule is CC1=Nc2ncc(-c3ccc(OCSOO[O-])cc3)cc2C1(C)C.[Na+]. The van der Waals surface area contributed by atoms with Crippen LogP contribution in [0.5, 0.6) is 5.75 Å². The van der Waals surface area contributed by atoms with Crippen LogP contribution in [0.2, 0.25) is 0 Å². The molecule has 1 aromatic heterocycles. The van der Waals surface area contributed by atoms with E-state index >= 15 is 0 Å². The smallest absolute Gasteiger partial charge is 0.691 e. The zero-order valence-electron chi connectivity index (χ0n) is 14.6. The van der Waals surface area contributed by atoms with Crippen LogP contribution >= 0.6 is 12.0 Å². The molecular formula is C17H17N2NaO4S. The minimum absolute atomic E-state index is 0. The molecule has 0 fully saturated rings. The number of rotatable bonds is 6. The Bertz CT molecular complexity index is 766. The fourth-order valence-corrected chi connectivity index (χ4v) is 2.80. The van der Waals surface area contributed by atoms with Crippen LogP contribution in [0.1, 0.15) is 26.3 Å². The molecule has 1 aliphatic heterocycles. The number of hydrogen-bond donors (Lipinski definition) is 0. The molecule has 1 aliphatic rings. The molecule has 8 heteroatoms. The molecule has 0 aliphatic carbocycles. The van der Waals surface area contributed by atoms with Gasteiger partial charge in [0.15, 0.2) is 11.8 Å². The molecule has 6 nitrogen and oxygen atoms in total. The number of hydrogen-bond acceptors (Lipinski definition) is 7. The van der Waals surface area contributed by atoms with Gasteiger partial charge in [-0.2, -0.15) is 4.33 Å². The maximum Gasteiger partial charge on any atom is 1.00 e. The number of fused-ring (bicyclic) bond motifs is 1. The third kappa shape index (κ3) is 4.43. The van der Waals surface area contributed by atoms with Gasteiger partial charge in [0.05, 0.1) is 12.0 Å². The minimum Gasteiger partial charge on any atom is -0.691 e. The summed E-state index contributed by atoms with van der Waals surface area (Å²) in [6, 6.07) is 9.78. The summed E-state index contributed by atoms with van der Waals surface area (Å²) in [6.45, 7) is 6.35. The normalized spacial score (nSPS) is 14.5. The van der Waals surface area contributed by atoms with Crippen LogP contribution in [0.25, 0.3) is 11.1 Å². The second-order valence-electron chi connectivity index (χ2n) is 5.96. The van der Waals surface area contributed by atoms with E-state index in [1.54, 1.807) is 0 Å². The Morgan fingerprint density at radius 3 is 2.56 bits per heavy atom. The summed E-state index contributed by atoms with van der Waals surface area (Å²) < 4.78 is 9.54. The van der Waals surface area contributed by atoms with Gasteiger partial charge in [-0.25, -0.2) is 9.98 Å². The average molecular weight is 368 g/mol. The van der Waals surface area contributed by atoms with Gasteiger partial charge in [0, 0.05) is 28.5 Å². The summed E-state index contributed by atoms with van der Waals surface area (Å²) in [5.41, 5.74) is 4.21. The van der Waals surface area contributed by atoms with Crippen molar-refractivity contribution in [3.05, 3.63) is 42.1 Å². The Hall–Kier alpha value is -0.930. The number of aromatic nitrogens is 1. The molecule has 2 heterocycles. The molecule has 0 radical (unpaired) electrons. The summed E-state index contributed by atoms with van der Waals surface area (Å²) in [5.74, 6) is 1.64. The van der Waals surface area contributed by atoms with Crippen molar-refractivity contribution < 1.29 is 48.9 Å². The number of benzene rings is 1. The number of ether oxygens (including phenoxy) is 1. The second kappa shape index (κ2) is 8.64. The quantitative estimate of drug-likeness (QED) is 0.183. The van der Waals surface area contributed by atoms with Gasteiger partial charge in [0.2, 0.25) is 0 Å². The molecule has 0 saturated carbocycles. The summed E-state index contributed by atoms with van der Waals surface area (Å²) in [6.07, 6.45) is 1.84. The van der Waals surface area contributed by atoms with Crippen molar-refractivity contribution in [1.82, 2.24) is 4.98 Å². The van der Waals surface area contributed by atoms with E-state index in [1.807, 2.05) is 37.4 Å². The Kier molecular flexibility index (Phi) is 7.04. The zero-order chi connectivity index (χ0) is 17.2. The van der Waals surface area contributed by atoms with E-state index in [0.717, 1.165) is 40.3 Å². The molecule has 0 bridgehead atoms. The van der Waals surface area contributed by atoms with Crippen LogP contribution in [-0.2, 0) is 14.8 Å². The van der Waals surface area contributed by atoms with Crippen molar-refractivity contribution in [2.45, 2.75) is 26.2 Å². The fraction of sp³-hybridized carbons (Fsp3) is 0.294. The molecule has 3 rings (SSSR count). The zero-order valence-corrected chi connectivity index (χ0v) is 17.4. The summed E-state index contributed by atoms with van der Waals surface area (Å²) in [7, 11) is 0. The molecule has 1 aromatic carbocycles. The maximum atomic E-state index is 9.68. The van der Waals surface area contributed by atoms with Crippen LogP contribution in [0.4, 0.5) is 5.82 Å². The van der Waals surface area contributed by atoms with E-state index in [0.29, 0.717) is 5.75 Å². The number of aliphatic imine (C=N–C) groups is 1. The first-order valence-electron chi connectivity index (χ1n) is 7.40. The van der Waals surface area contributed by atoms with Gasteiger partial charge in [0.25, 0.3) is 0 Å². The Balaban J connectivity index is 0.00000225. The summed E-state index contributed by atoms with van der Waals surface area (Å²) in [4.78, 5) is 9.03. The minimum atomic E-state index is -0.0950. The number of pyridine rings is 1. The van der Waals surface area contributed by atoms with Crippen LogP contribution in [0, 0.1) is 0 Å². The van der Waals surface area contributed by atoms with Crippen molar-refractivity contribution in [1.29, 1.82) is 0 Å². The molecule has 25 heavy (non-hydrogen) atoms. The molecule has 2 aromatic rings. The van der Waals surface area contributed by atoms with Gasteiger partial charge < -0.3 is 9.99 Å². The van der Waals surface area contributed by atoms with Gasteiger partial charge in [-0.1, -0.05) is 26.0 Å². The van der Waals surface area contributed by atoms with Gasteiger partial charge in [-0.3, -0.25) is 5.04 Å². The van der Waals surface area contributed by atoms with Crippen LogP contribution < -0.4 is 39.6 Å². The van der Waals surface area contributed by atoms with Crippen molar-refractivity contribution in [3.8, 4) is 16.9 Å². The Morgan fingerprint density at radius 1 is 1.16 bits per heavy atom. The number of nitrogens with zero attached hydrogens (tertiary/aromatic N) is 2. The Morgan fingerprint density at radius 2 is 1.88 bits per heavy atom. The first kappa shape index (κ1) is 20.4. The fourth-order valence-electron chi connectivity index (χ4n) is 2.53. The van der Waals surface area contributed by atoms with Crippen molar-refractivity contribution in [3.63, 3.8) is 0 Å². The van der Waals surface area contributed by atoms with Gasteiger partial charge >= 0.3 is 29.6 Å². The molecular weight excluding hydrogens is 351 g/mol. The van der Waals surface area contributed by atoms with Gasteiger partial charge in [-0.15, -0.1) is 0 Å². The van der Waals surface area contributed by atoms with Crippen LogP contribution in [0.15, 0.2) is 41.5 Å². The molecule has 0 spiro atoms. The summed E-state index contributed by atoms with van der Waals surface area (Å²) >= 11 is 0.782. The topological polar surface area (TPSA) is 76.0 Å². The van der Waals surface area contributed by atoms with E-state index in [-0.39, 0.29) is 40.9 Å². The Labute approximate surface area is 173 Å². The molecule has 0 atom stereocenters. The van der Waals surface area contributed by atoms with E-state index in [2.05, 4.69) is 39.3 Å². The summed E-state index contributed by atoms with van der Waals surface area (Å²) in [5, 5.41) is 12.9. The van der Waals surface area contributed by atoms with Crippen LogP contribution in [0.3, 0.4) is 0 Å². The largest absolute Gasteiger partial charge is 1.00 e. The first-order chi connectivity index (χ1) is 11.5. The monoisotopic (exact) mass is 368 g/mol. The van der Waals surface area contributed by atoms with E-state index in [4.69, 9.17) is 4.74 Å². The third-order valence-corrected chi connectivity index (χ3v) is 4.62. The first-order valence-corrected chi connectivity index (χ1v) is 8.31. The van der Waals surface area contributed by atoms with Crippen molar-refractivity contribution >= 4 is 23.6 Å². The predicted octanol–water partition coefficient (Wildman–Crippen LogP) is 0.344.